The molecule has 0 aliphatic rings. The number of hydrogen-bond acceptors (Lipinski definition) is 3. The van der Waals surface area contributed by atoms with Gasteiger partial charge in [-0.15, -0.1) is 11.8 Å². The number of nitrogens with one attached hydrogen (secondary N) is 1. The summed E-state index contributed by atoms with van der Waals surface area (Å²) < 4.78 is 0. The van der Waals surface area contributed by atoms with Gasteiger partial charge in [0.1, 0.15) is 6.04 Å². The normalized spacial score (nSPS) is 11.7. The van der Waals surface area contributed by atoms with Crippen LogP contribution in [0.25, 0.3) is 0 Å². The van der Waals surface area contributed by atoms with Crippen LogP contribution in [0.15, 0.2) is 66.7 Å². The summed E-state index contributed by atoms with van der Waals surface area (Å²) in [4.78, 5) is 28.1. The molecular formula is C26H24Cl4N2O2S. The van der Waals surface area contributed by atoms with E-state index in [-0.39, 0.29) is 24.1 Å². The van der Waals surface area contributed by atoms with E-state index in [1.165, 1.54) is 11.8 Å². The highest BCUT2D eigenvalue weighted by Gasteiger charge is 2.30. The van der Waals surface area contributed by atoms with E-state index in [0.29, 0.717) is 37.8 Å². The van der Waals surface area contributed by atoms with Crippen LogP contribution in [0.3, 0.4) is 0 Å². The molecule has 0 saturated carbocycles. The number of carbonyl (C=O) groups is 2. The molecule has 3 aromatic rings. The van der Waals surface area contributed by atoms with Crippen molar-refractivity contribution >= 4 is 70.0 Å². The lowest BCUT2D eigenvalue weighted by molar-refractivity contribution is -0.139. The Hall–Kier alpha value is -1.89. The van der Waals surface area contributed by atoms with Gasteiger partial charge in [-0.05, 0) is 35.4 Å². The lowest BCUT2D eigenvalue weighted by Crippen LogP contribution is -2.50. The third-order valence-electron chi connectivity index (χ3n) is 5.39. The number of hydrogen-bond donors (Lipinski definition) is 1. The van der Waals surface area contributed by atoms with Crippen molar-refractivity contribution in [1.82, 2.24) is 10.2 Å². The number of rotatable bonds is 10. The van der Waals surface area contributed by atoms with Crippen molar-refractivity contribution in [3.05, 3.63) is 104 Å². The SMILES string of the molecule is CNC(=O)[C@@H](Cc1ccccc1)N(Cc1c(Cl)cccc1Cl)C(=O)CSCc1ccc(Cl)c(Cl)c1. The molecule has 0 radical (unpaired) electrons. The molecule has 35 heavy (non-hydrogen) atoms. The van der Waals surface area contributed by atoms with Gasteiger partial charge in [0.05, 0.1) is 15.8 Å². The molecule has 3 rings (SSSR count). The first kappa shape index (κ1) is 27.7. The van der Waals surface area contributed by atoms with E-state index in [9.17, 15) is 9.59 Å². The zero-order chi connectivity index (χ0) is 25.4. The Morgan fingerprint density at radius 3 is 2.17 bits per heavy atom. The summed E-state index contributed by atoms with van der Waals surface area (Å²) in [6.45, 7) is 0.107. The Kier molecular flexibility index (Phi) is 10.6. The van der Waals surface area contributed by atoms with Crippen LogP contribution in [-0.2, 0) is 28.3 Å². The van der Waals surface area contributed by atoms with Gasteiger partial charge in [-0.3, -0.25) is 9.59 Å². The maximum Gasteiger partial charge on any atom is 0.242 e. The summed E-state index contributed by atoms with van der Waals surface area (Å²) in [6, 6.07) is 19.4. The Labute approximate surface area is 229 Å². The van der Waals surface area contributed by atoms with E-state index in [4.69, 9.17) is 46.4 Å². The molecule has 0 aliphatic carbocycles. The number of carbonyl (C=O) groups excluding carboxylic acids is 2. The molecule has 0 heterocycles. The molecule has 9 heteroatoms. The number of likely N-dealkylation sites (N-methyl/N-ethyl adjacent to an activating group) is 1. The van der Waals surface area contributed by atoms with E-state index >= 15 is 0 Å². The molecule has 1 N–H and O–H groups in total. The van der Waals surface area contributed by atoms with Gasteiger partial charge < -0.3 is 10.2 Å². The van der Waals surface area contributed by atoms with Crippen LogP contribution < -0.4 is 5.32 Å². The summed E-state index contributed by atoms with van der Waals surface area (Å²) in [7, 11) is 1.56. The van der Waals surface area contributed by atoms with Gasteiger partial charge >= 0.3 is 0 Å². The highest BCUT2D eigenvalue weighted by atomic mass is 35.5. The Balaban J connectivity index is 1.85. The zero-order valence-electron chi connectivity index (χ0n) is 18.9. The maximum atomic E-state index is 13.5. The van der Waals surface area contributed by atoms with E-state index in [2.05, 4.69) is 5.32 Å². The quantitative estimate of drug-likeness (QED) is 0.288. The van der Waals surface area contributed by atoms with Gasteiger partial charge in [0.15, 0.2) is 0 Å². The Morgan fingerprint density at radius 2 is 1.54 bits per heavy atom. The molecule has 2 amide bonds. The van der Waals surface area contributed by atoms with Crippen molar-refractivity contribution in [2.24, 2.45) is 0 Å². The maximum absolute atomic E-state index is 13.5. The third-order valence-corrected chi connectivity index (χ3v) is 7.82. The molecule has 3 aromatic carbocycles. The fourth-order valence-corrected chi connectivity index (χ4v) is 5.24. The predicted octanol–water partition coefficient (Wildman–Crippen LogP) is 6.92. The van der Waals surface area contributed by atoms with Gasteiger partial charge in [0, 0.05) is 41.4 Å². The summed E-state index contributed by atoms with van der Waals surface area (Å²) in [5.41, 5.74) is 2.48. The molecule has 0 bridgehead atoms. The fourth-order valence-electron chi connectivity index (χ4n) is 3.54. The van der Waals surface area contributed by atoms with Crippen molar-refractivity contribution < 1.29 is 9.59 Å². The second kappa shape index (κ2) is 13.4. The average Bonchev–Trinajstić information content (AvgIpc) is 2.85. The summed E-state index contributed by atoms with van der Waals surface area (Å²) >= 11 is 26.4. The Morgan fingerprint density at radius 1 is 0.857 bits per heavy atom. The minimum absolute atomic E-state index is 0.107. The number of benzene rings is 3. The lowest BCUT2D eigenvalue weighted by atomic mass is 10.0. The number of thioether (sulfide) groups is 1. The van der Waals surface area contributed by atoms with Gasteiger partial charge in [-0.25, -0.2) is 0 Å². The number of amides is 2. The Bertz CT molecular complexity index is 1160. The van der Waals surface area contributed by atoms with E-state index in [0.717, 1.165) is 11.1 Å². The topological polar surface area (TPSA) is 49.4 Å². The lowest BCUT2D eigenvalue weighted by Gasteiger charge is -2.31. The van der Waals surface area contributed by atoms with Crippen LogP contribution in [-0.4, -0.2) is 35.6 Å². The van der Waals surface area contributed by atoms with Crippen molar-refractivity contribution in [2.75, 3.05) is 12.8 Å². The van der Waals surface area contributed by atoms with E-state index < -0.39 is 6.04 Å². The van der Waals surface area contributed by atoms with E-state index in [1.54, 1.807) is 42.3 Å². The monoisotopic (exact) mass is 568 g/mol. The molecule has 0 spiro atoms. The number of halogens is 4. The van der Waals surface area contributed by atoms with E-state index in [1.807, 2.05) is 36.4 Å². The van der Waals surface area contributed by atoms with Crippen molar-refractivity contribution in [3.8, 4) is 0 Å². The molecule has 184 valence electrons. The largest absolute Gasteiger partial charge is 0.357 e. The second-order valence-electron chi connectivity index (χ2n) is 7.78. The van der Waals surface area contributed by atoms with Crippen molar-refractivity contribution in [3.63, 3.8) is 0 Å². The summed E-state index contributed by atoms with van der Waals surface area (Å²) in [6.07, 6.45) is 0.353. The first-order valence-electron chi connectivity index (χ1n) is 10.8. The molecule has 0 saturated heterocycles. The fraction of sp³-hybridized carbons (Fsp3) is 0.231. The minimum atomic E-state index is -0.743. The summed E-state index contributed by atoms with van der Waals surface area (Å²) in [5, 5.41) is 4.52. The molecule has 1 atom stereocenters. The molecule has 0 unspecified atom stereocenters. The molecule has 4 nitrogen and oxygen atoms in total. The number of nitrogens with zero attached hydrogens (tertiary/aromatic N) is 1. The minimum Gasteiger partial charge on any atom is -0.357 e. The van der Waals surface area contributed by atoms with Crippen LogP contribution in [0.4, 0.5) is 0 Å². The van der Waals surface area contributed by atoms with Gasteiger partial charge in [0.2, 0.25) is 11.8 Å². The predicted molar refractivity (Wildman–Crippen MR) is 148 cm³/mol. The smallest absolute Gasteiger partial charge is 0.242 e. The molecule has 0 fully saturated rings. The van der Waals surface area contributed by atoms with Crippen molar-refractivity contribution in [1.29, 1.82) is 0 Å². The van der Waals surface area contributed by atoms with Crippen molar-refractivity contribution in [2.45, 2.75) is 24.8 Å². The third kappa shape index (κ3) is 7.80. The first-order valence-corrected chi connectivity index (χ1v) is 13.5. The van der Waals surface area contributed by atoms with Gasteiger partial charge in [-0.2, -0.15) is 0 Å². The molecular weight excluding hydrogens is 546 g/mol. The van der Waals surface area contributed by atoms with Crippen LogP contribution in [0.2, 0.25) is 20.1 Å². The average molecular weight is 570 g/mol. The zero-order valence-corrected chi connectivity index (χ0v) is 22.8. The summed E-state index contributed by atoms with van der Waals surface area (Å²) in [5.74, 6) is 0.257. The van der Waals surface area contributed by atoms with Crippen LogP contribution >= 0.6 is 58.2 Å². The first-order chi connectivity index (χ1) is 16.8. The molecule has 0 aromatic heterocycles. The van der Waals surface area contributed by atoms with Gasteiger partial charge in [-0.1, -0.05) is 88.9 Å². The van der Waals surface area contributed by atoms with Crippen LogP contribution in [0.5, 0.6) is 0 Å². The highest BCUT2D eigenvalue weighted by Crippen LogP contribution is 2.28. The standard InChI is InChI=1S/C26H24Cl4N2O2S/c1-31-26(34)24(13-17-6-3-2-4-7-17)32(14-19-20(27)8-5-9-21(19)28)25(33)16-35-15-18-10-11-22(29)23(30)12-18/h2-12,24H,13-16H2,1H3,(H,31,34)/t24-/m1/s1. The molecule has 0 aliphatic heterocycles. The van der Waals surface area contributed by atoms with Crippen LogP contribution in [0, 0.1) is 0 Å². The second-order valence-corrected chi connectivity index (χ2v) is 10.4. The van der Waals surface area contributed by atoms with Crippen LogP contribution in [0.1, 0.15) is 16.7 Å². The highest BCUT2D eigenvalue weighted by molar-refractivity contribution is 7.99. The van der Waals surface area contributed by atoms with Gasteiger partial charge in [0.25, 0.3) is 0 Å².